The maximum absolute atomic E-state index is 12.0. The van der Waals surface area contributed by atoms with Gasteiger partial charge in [-0.3, -0.25) is 9.69 Å². The van der Waals surface area contributed by atoms with Gasteiger partial charge in [0.15, 0.2) is 0 Å². The SMILES string of the molecule is CC(=O)NCC1CCCN(Cc2cnc(S(C)(=O)=O)n2CC(C)C)C1. The second-order valence-electron chi connectivity index (χ2n) is 7.49. The van der Waals surface area contributed by atoms with Crippen molar-refractivity contribution in [3.8, 4) is 0 Å². The quantitative estimate of drug-likeness (QED) is 0.782. The summed E-state index contributed by atoms with van der Waals surface area (Å²) in [6, 6.07) is 0. The number of aromatic nitrogens is 2. The highest BCUT2D eigenvalue weighted by molar-refractivity contribution is 7.90. The molecule has 25 heavy (non-hydrogen) atoms. The van der Waals surface area contributed by atoms with E-state index in [1.807, 2.05) is 4.57 Å². The number of amides is 1. The van der Waals surface area contributed by atoms with Gasteiger partial charge in [-0.05, 0) is 31.2 Å². The molecule has 1 saturated heterocycles. The average Bonchev–Trinajstić information content (AvgIpc) is 2.87. The monoisotopic (exact) mass is 370 g/mol. The first-order valence-corrected chi connectivity index (χ1v) is 10.8. The highest BCUT2D eigenvalue weighted by Crippen LogP contribution is 2.20. The van der Waals surface area contributed by atoms with Gasteiger partial charge in [0.05, 0.1) is 11.9 Å². The number of sulfone groups is 1. The molecule has 0 saturated carbocycles. The third kappa shape index (κ3) is 5.81. The number of imidazole rings is 1. The first-order valence-electron chi connectivity index (χ1n) is 8.88. The molecule has 0 aliphatic carbocycles. The molecule has 142 valence electrons. The molecule has 8 heteroatoms. The molecule has 1 unspecified atom stereocenters. The summed E-state index contributed by atoms with van der Waals surface area (Å²) >= 11 is 0. The topological polar surface area (TPSA) is 84.3 Å². The van der Waals surface area contributed by atoms with E-state index in [-0.39, 0.29) is 11.1 Å². The van der Waals surface area contributed by atoms with Crippen LogP contribution in [0.3, 0.4) is 0 Å². The van der Waals surface area contributed by atoms with Gasteiger partial charge in [0.2, 0.25) is 20.9 Å². The summed E-state index contributed by atoms with van der Waals surface area (Å²) < 4.78 is 25.9. The van der Waals surface area contributed by atoms with Crippen molar-refractivity contribution in [2.45, 2.75) is 51.9 Å². The fourth-order valence-corrected chi connectivity index (χ4v) is 4.19. The van der Waals surface area contributed by atoms with E-state index in [2.05, 4.69) is 29.0 Å². The van der Waals surface area contributed by atoms with Crippen LogP contribution in [0.25, 0.3) is 0 Å². The maximum Gasteiger partial charge on any atom is 0.227 e. The summed E-state index contributed by atoms with van der Waals surface area (Å²) in [5.41, 5.74) is 0.939. The summed E-state index contributed by atoms with van der Waals surface area (Å²) in [6.45, 7) is 9.59. The lowest BCUT2D eigenvalue weighted by atomic mass is 9.98. The fraction of sp³-hybridized carbons (Fsp3) is 0.765. The zero-order chi connectivity index (χ0) is 18.6. The van der Waals surface area contributed by atoms with E-state index in [1.54, 1.807) is 6.20 Å². The minimum Gasteiger partial charge on any atom is -0.356 e. The Morgan fingerprint density at radius 3 is 2.76 bits per heavy atom. The molecule has 1 amide bonds. The molecular weight excluding hydrogens is 340 g/mol. The number of carbonyl (C=O) groups is 1. The van der Waals surface area contributed by atoms with Gasteiger partial charge in [-0.15, -0.1) is 0 Å². The van der Waals surface area contributed by atoms with Crippen LogP contribution in [0.2, 0.25) is 0 Å². The van der Waals surface area contributed by atoms with Crippen LogP contribution >= 0.6 is 0 Å². The van der Waals surface area contributed by atoms with Crippen LogP contribution in [0.4, 0.5) is 0 Å². The normalized spacial score (nSPS) is 19.3. The van der Waals surface area contributed by atoms with Gasteiger partial charge >= 0.3 is 0 Å². The molecule has 1 aliphatic heterocycles. The van der Waals surface area contributed by atoms with Crippen LogP contribution in [-0.2, 0) is 27.7 Å². The van der Waals surface area contributed by atoms with Crippen LogP contribution in [0.1, 0.15) is 39.3 Å². The Kier molecular flexibility index (Phi) is 6.62. The molecule has 0 radical (unpaired) electrons. The molecule has 7 nitrogen and oxygen atoms in total. The summed E-state index contributed by atoms with van der Waals surface area (Å²) in [4.78, 5) is 17.6. The number of nitrogens with one attached hydrogen (secondary N) is 1. The predicted octanol–water partition coefficient (Wildman–Crippen LogP) is 1.29. The second kappa shape index (κ2) is 8.31. The van der Waals surface area contributed by atoms with E-state index >= 15 is 0 Å². The number of piperidine rings is 1. The molecule has 0 spiro atoms. The molecule has 2 heterocycles. The molecule has 2 rings (SSSR count). The number of nitrogens with zero attached hydrogens (tertiary/aromatic N) is 3. The van der Waals surface area contributed by atoms with Gasteiger partial charge in [-0.1, -0.05) is 13.8 Å². The third-order valence-corrected chi connectivity index (χ3v) is 5.40. The van der Waals surface area contributed by atoms with E-state index in [9.17, 15) is 13.2 Å². The first-order chi connectivity index (χ1) is 11.7. The van der Waals surface area contributed by atoms with Crippen molar-refractivity contribution in [2.75, 3.05) is 25.9 Å². The Labute approximate surface area is 150 Å². The van der Waals surface area contributed by atoms with Crippen LogP contribution in [0.5, 0.6) is 0 Å². The summed E-state index contributed by atoms with van der Waals surface area (Å²) in [6.07, 6.45) is 5.09. The minimum atomic E-state index is -3.34. The van der Waals surface area contributed by atoms with Gasteiger partial charge in [-0.25, -0.2) is 13.4 Å². The number of hydrogen-bond donors (Lipinski definition) is 1. The van der Waals surface area contributed by atoms with Crippen LogP contribution < -0.4 is 5.32 Å². The lowest BCUT2D eigenvalue weighted by molar-refractivity contribution is -0.119. The van der Waals surface area contributed by atoms with Gasteiger partial charge in [-0.2, -0.15) is 0 Å². The van der Waals surface area contributed by atoms with E-state index in [1.165, 1.54) is 13.2 Å². The summed E-state index contributed by atoms with van der Waals surface area (Å²) in [7, 11) is -3.34. The Hall–Kier alpha value is -1.41. The van der Waals surface area contributed by atoms with E-state index in [0.717, 1.165) is 31.6 Å². The van der Waals surface area contributed by atoms with Crippen molar-refractivity contribution in [2.24, 2.45) is 11.8 Å². The van der Waals surface area contributed by atoms with Crippen LogP contribution in [0, 0.1) is 11.8 Å². The molecule has 1 fully saturated rings. The van der Waals surface area contributed by atoms with E-state index in [4.69, 9.17) is 0 Å². The highest BCUT2D eigenvalue weighted by atomic mass is 32.2. The summed E-state index contributed by atoms with van der Waals surface area (Å²) in [5, 5.41) is 3.05. The Balaban J connectivity index is 2.11. The lowest BCUT2D eigenvalue weighted by Gasteiger charge is -2.33. The Morgan fingerprint density at radius 1 is 1.44 bits per heavy atom. The van der Waals surface area contributed by atoms with Crippen molar-refractivity contribution in [1.29, 1.82) is 0 Å². The number of carbonyl (C=O) groups excluding carboxylic acids is 1. The first kappa shape index (κ1) is 19.9. The lowest BCUT2D eigenvalue weighted by Crippen LogP contribution is -2.40. The Morgan fingerprint density at radius 2 is 2.16 bits per heavy atom. The van der Waals surface area contributed by atoms with E-state index in [0.29, 0.717) is 31.5 Å². The zero-order valence-corrected chi connectivity index (χ0v) is 16.5. The maximum atomic E-state index is 12.0. The molecule has 1 atom stereocenters. The number of likely N-dealkylation sites (tertiary alicyclic amines) is 1. The van der Waals surface area contributed by atoms with Crippen molar-refractivity contribution in [1.82, 2.24) is 19.8 Å². The third-order valence-electron chi connectivity index (χ3n) is 4.41. The van der Waals surface area contributed by atoms with Crippen molar-refractivity contribution >= 4 is 15.7 Å². The van der Waals surface area contributed by atoms with Gasteiger partial charge in [0.1, 0.15) is 0 Å². The average molecular weight is 371 g/mol. The van der Waals surface area contributed by atoms with Crippen molar-refractivity contribution in [3.63, 3.8) is 0 Å². The Bertz CT molecular complexity index is 697. The number of hydrogen-bond acceptors (Lipinski definition) is 5. The fourth-order valence-electron chi connectivity index (χ4n) is 3.35. The minimum absolute atomic E-state index is 0.00456. The molecule has 1 aliphatic rings. The standard InChI is InChI=1S/C17H30N4O3S/c1-13(2)10-21-16(9-19-17(21)25(4,23)24)12-20-7-5-6-15(11-20)8-18-14(3)22/h9,13,15H,5-8,10-12H2,1-4H3,(H,18,22). The smallest absolute Gasteiger partial charge is 0.227 e. The zero-order valence-electron chi connectivity index (χ0n) is 15.7. The largest absolute Gasteiger partial charge is 0.356 e. The van der Waals surface area contributed by atoms with Gasteiger partial charge in [0.25, 0.3) is 0 Å². The molecular formula is C17H30N4O3S. The van der Waals surface area contributed by atoms with Crippen LogP contribution in [-0.4, -0.2) is 54.7 Å². The van der Waals surface area contributed by atoms with Gasteiger partial charge in [0, 0.05) is 39.4 Å². The molecule has 1 aromatic heterocycles. The molecule has 1 N–H and O–H groups in total. The summed E-state index contributed by atoms with van der Waals surface area (Å²) in [5.74, 6) is 0.778. The van der Waals surface area contributed by atoms with Crippen molar-refractivity contribution < 1.29 is 13.2 Å². The molecule has 1 aromatic rings. The van der Waals surface area contributed by atoms with Gasteiger partial charge < -0.3 is 9.88 Å². The van der Waals surface area contributed by atoms with E-state index < -0.39 is 9.84 Å². The highest BCUT2D eigenvalue weighted by Gasteiger charge is 2.24. The molecule has 0 aromatic carbocycles. The number of rotatable bonds is 7. The predicted molar refractivity (Wildman–Crippen MR) is 96.9 cm³/mol. The van der Waals surface area contributed by atoms with Crippen molar-refractivity contribution in [3.05, 3.63) is 11.9 Å². The van der Waals surface area contributed by atoms with Crippen LogP contribution in [0.15, 0.2) is 11.4 Å². The molecule has 0 bridgehead atoms. The second-order valence-corrected chi connectivity index (χ2v) is 9.40.